The number of carbonyl (C=O) groups excluding carboxylic acids is 2. The second-order valence-electron chi connectivity index (χ2n) is 6.98. The molecule has 1 fully saturated rings. The SMILES string of the molecule is CC(C)(C)OC(=O)N1CC(N=[N+]=[N-])CN1C(=O)OC(C)(C)C. The van der Waals surface area contributed by atoms with Crippen molar-refractivity contribution in [1.29, 1.82) is 0 Å². The minimum Gasteiger partial charge on any atom is -0.442 e. The molecule has 1 aliphatic rings. The quantitative estimate of drug-likeness (QED) is 0.421. The van der Waals surface area contributed by atoms with Crippen molar-refractivity contribution in [2.24, 2.45) is 5.11 Å². The molecule has 0 spiro atoms. The summed E-state index contributed by atoms with van der Waals surface area (Å²) in [5, 5.41) is 5.78. The molecule has 0 saturated carbocycles. The van der Waals surface area contributed by atoms with E-state index in [-0.39, 0.29) is 13.1 Å². The lowest BCUT2D eigenvalue weighted by molar-refractivity contribution is -0.0428. The van der Waals surface area contributed by atoms with Gasteiger partial charge < -0.3 is 9.47 Å². The molecular formula is C13H23N5O4. The molecule has 0 radical (unpaired) electrons. The first-order valence-corrected chi connectivity index (χ1v) is 6.98. The van der Waals surface area contributed by atoms with Crippen LogP contribution in [0.3, 0.4) is 0 Å². The minimum absolute atomic E-state index is 0.0677. The summed E-state index contributed by atoms with van der Waals surface area (Å²) >= 11 is 0. The molecule has 124 valence electrons. The number of hydrogen-bond donors (Lipinski definition) is 0. The van der Waals surface area contributed by atoms with Crippen molar-refractivity contribution in [2.75, 3.05) is 13.1 Å². The van der Waals surface area contributed by atoms with Gasteiger partial charge in [0.05, 0.1) is 19.1 Å². The molecule has 22 heavy (non-hydrogen) atoms. The van der Waals surface area contributed by atoms with E-state index in [4.69, 9.17) is 15.0 Å². The van der Waals surface area contributed by atoms with Crippen LogP contribution in [0.5, 0.6) is 0 Å². The third-order valence-electron chi connectivity index (χ3n) is 2.48. The van der Waals surface area contributed by atoms with Crippen LogP contribution in [0.15, 0.2) is 5.11 Å². The molecule has 0 bridgehead atoms. The first kappa shape index (κ1) is 17.9. The van der Waals surface area contributed by atoms with Crippen LogP contribution in [0.2, 0.25) is 0 Å². The Kier molecular flexibility index (Phi) is 5.13. The molecule has 0 N–H and O–H groups in total. The van der Waals surface area contributed by atoms with Gasteiger partial charge in [-0.05, 0) is 47.1 Å². The van der Waals surface area contributed by atoms with Gasteiger partial charge in [0.1, 0.15) is 11.2 Å². The highest BCUT2D eigenvalue weighted by Gasteiger charge is 2.40. The predicted octanol–water partition coefficient (Wildman–Crippen LogP) is 3.07. The average Bonchev–Trinajstić information content (AvgIpc) is 2.69. The largest absolute Gasteiger partial charge is 0.442 e. The van der Waals surface area contributed by atoms with Crippen molar-refractivity contribution in [2.45, 2.75) is 58.8 Å². The Hall–Kier alpha value is -2.15. The Balaban J connectivity index is 2.92. The van der Waals surface area contributed by atoms with E-state index >= 15 is 0 Å². The number of hydrazine groups is 1. The average molecular weight is 313 g/mol. The van der Waals surface area contributed by atoms with Crippen molar-refractivity contribution in [3.63, 3.8) is 0 Å². The van der Waals surface area contributed by atoms with E-state index in [2.05, 4.69) is 10.0 Å². The maximum Gasteiger partial charge on any atom is 0.429 e. The molecule has 0 atom stereocenters. The number of ether oxygens (including phenoxy) is 2. The summed E-state index contributed by atoms with van der Waals surface area (Å²) < 4.78 is 10.5. The highest BCUT2D eigenvalue weighted by Crippen LogP contribution is 2.21. The zero-order valence-electron chi connectivity index (χ0n) is 13.9. The summed E-state index contributed by atoms with van der Waals surface area (Å²) in [5.41, 5.74) is 7.14. The summed E-state index contributed by atoms with van der Waals surface area (Å²) in [6, 6.07) is -0.537. The van der Waals surface area contributed by atoms with E-state index < -0.39 is 29.4 Å². The number of hydrogen-bond acceptors (Lipinski definition) is 5. The van der Waals surface area contributed by atoms with Gasteiger partial charge in [-0.3, -0.25) is 0 Å². The minimum atomic E-state index is -0.701. The van der Waals surface area contributed by atoms with Crippen molar-refractivity contribution in [3.05, 3.63) is 10.4 Å². The van der Waals surface area contributed by atoms with Crippen LogP contribution in [-0.2, 0) is 9.47 Å². The van der Waals surface area contributed by atoms with Crippen LogP contribution < -0.4 is 0 Å². The summed E-state index contributed by atoms with van der Waals surface area (Å²) in [6.07, 6.45) is -1.37. The standard InChI is InChI=1S/C13H23N5O4/c1-12(2,3)21-10(19)17-7-9(15-16-14)8-18(17)11(20)22-13(4,5)6/h9H,7-8H2,1-6H3. The topological polar surface area (TPSA) is 108 Å². The predicted molar refractivity (Wildman–Crippen MR) is 78.8 cm³/mol. The summed E-state index contributed by atoms with van der Waals surface area (Å²) in [6.45, 7) is 10.5. The van der Waals surface area contributed by atoms with Crippen LogP contribution in [-0.4, -0.2) is 52.5 Å². The molecule has 0 aliphatic carbocycles. The Morgan fingerprint density at radius 3 is 1.64 bits per heavy atom. The van der Waals surface area contributed by atoms with Crippen LogP contribution >= 0.6 is 0 Å². The summed E-state index contributed by atoms with van der Waals surface area (Å²) in [5.74, 6) is 0. The fraction of sp³-hybridized carbons (Fsp3) is 0.846. The van der Waals surface area contributed by atoms with Crippen molar-refractivity contribution < 1.29 is 19.1 Å². The maximum absolute atomic E-state index is 12.2. The van der Waals surface area contributed by atoms with Crippen molar-refractivity contribution >= 4 is 12.2 Å². The molecular weight excluding hydrogens is 290 g/mol. The van der Waals surface area contributed by atoms with E-state index in [0.717, 1.165) is 10.0 Å². The van der Waals surface area contributed by atoms with Gasteiger partial charge in [0.25, 0.3) is 0 Å². The monoisotopic (exact) mass is 313 g/mol. The van der Waals surface area contributed by atoms with Crippen LogP contribution in [0.1, 0.15) is 41.5 Å². The van der Waals surface area contributed by atoms with Crippen LogP contribution in [0.4, 0.5) is 9.59 Å². The summed E-state index contributed by atoms with van der Waals surface area (Å²) in [7, 11) is 0. The lowest BCUT2D eigenvalue weighted by Crippen LogP contribution is -2.48. The maximum atomic E-state index is 12.2. The zero-order chi connectivity index (χ0) is 17.1. The lowest BCUT2D eigenvalue weighted by Gasteiger charge is -2.31. The molecule has 0 aromatic rings. The zero-order valence-corrected chi connectivity index (χ0v) is 13.9. The number of rotatable bonds is 1. The highest BCUT2D eigenvalue weighted by molar-refractivity contribution is 5.75. The second kappa shape index (κ2) is 6.31. The molecule has 0 aromatic carbocycles. The summed E-state index contributed by atoms with van der Waals surface area (Å²) in [4.78, 5) is 27.1. The van der Waals surface area contributed by atoms with Crippen molar-refractivity contribution in [3.8, 4) is 0 Å². The molecule has 1 saturated heterocycles. The Bertz CT molecular complexity index is 452. The van der Waals surface area contributed by atoms with E-state index in [1.165, 1.54) is 0 Å². The lowest BCUT2D eigenvalue weighted by atomic mass is 10.2. The molecule has 1 rings (SSSR count). The van der Waals surface area contributed by atoms with Gasteiger partial charge in [-0.25, -0.2) is 19.6 Å². The van der Waals surface area contributed by atoms with Gasteiger partial charge in [-0.1, -0.05) is 5.11 Å². The first-order valence-electron chi connectivity index (χ1n) is 6.98. The second-order valence-corrected chi connectivity index (χ2v) is 6.98. The highest BCUT2D eigenvalue weighted by atomic mass is 16.6. The fourth-order valence-electron chi connectivity index (χ4n) is 1.78. The molecule has 9 nitrogen and oxygen atoms in total. The fourth-order valence-corrected chi connectivity index (χ4v) is 1.78. The Labute approximate surface area is 129 Å². The molecule has 2 amide bonds. The van der Waals surface area contributed by atoms with Crippen LogP contribution in [0, 0.1) is 0 Å². The Morgan fingerprint density at radius 2 is 1.36 bits per heavy atom. The first-order chi connectivity index (χ1) is 9.93. The van der Waals surface area contributed by atoms with E-state index in [9.17, 15) is 9.59 Å². The molecule has 1 aliphatic heterocycles. The molecule has 0 unspecified atom stereocenters. The smallest absolute Gasteiger partial charge is 0.429 e. The number of azide groups is 1. The van der Waals surface area contributed by atoms with Gasteiger partial charge in [0.15, 0.2) is 0 Å². The molecule has 9 heteroatoms. The van der Waals surface area contributed by atoms with Gasteiger partial charge in [0, 0.05) is 4.91 Å². The van der Waals surface area contributed by atoms with Crippen LogP contribution in [0.25, 0.3) is 10.4 Å². The van der Waals surface area contributed by atoms with Gasteiger partial charge in [-0.2, -0.15) is 0 Å². The van der Waals surface area contributed by atoms with Gasteiger partial charge >= 0.3 is 12.2 Å². The Morgan fingerprint density at radius 1 is 1.00 bits per heavy atom. The molecule has 0 aromatic heterocycles. The van der Waals surface area contributed by atoms with Gasteiger partial charge in [-0.15, -0.1) is 0 Å². The van der Waals surface area contributed by atoms with Gasteiger partial charge in [0.2, 0.25) is 0 Å². The molecule has 1 heterocycles. The number of amides is 2. The van der Waals surface area contributed by atoms with E-state index in [0.29, 0.717) is 0 Å². The van der Waals surface area contributed by atoms with E-state index in [1.54, 1.807) is 41.5 Å². The number of nitrogens with zero attached hydrogens (tertiary/aromatic N) is 5. The van der Waals surface area contributed by atoms with Crippen molar-refractivity contribution in [1.82, 2.24) is 10.0 Å². The third-order valence-corrected chi connectivity index (χ3v) is 2.48. The van der Waals surface area contributed by atoms with E-state index in [1.807, 2.05) is 0 Å². The normalized spacial score (nSPS) is 16.3. The third kappa shape index (κ3) is 5.33. The number of carbonyl (C=O) groups is 2.